The van der Waals surface area contributed by atoms with E-state index in [0.29, 0.717) is 5.56 Å². The number of fused-ring (bicyclic) bond motifs is 1. The molecule has 2 nitrogen and oxygen atoms in total. The van der Waals surface area contributed by atoms with Gasteiger partial charge in [0, 0.05) is 12.0 Å². The van der Waals surface area contributed by atoms with Crippen molar-refractivity contribution in [1.82, 2.24) is 0 Å². The number of allylic oxidation sites excluding steroid dienone is 2. The summed E-state index contributed by atoms with van der Waals surface area (Å²) in [6, 6.07) is 3.32. The number of carbonyl (C=O) groups is 1. The number of ether oxygens (including phenoxy) is 1. The van der Waals surface area contributed by atoms with Gasteiger partial charge >= 0.3 is 6.18 Å². The van der Waals surface area contributed by atoms with Gasteiger partial charge in [-0.25, -0.2) is 0 Å². The summed E-state index contributed by atoms with van der Waals surface area (Å²) in [5.41, 5.74) is 2.05. The van der Waals surface area contributed by atoms with Gasteiger partial charge in [-0.3, -0.25) is 4.79 Å². The van der Waals surface area contributed by atoms with Crippen molar-refractivity contribution in [3.05, 3.63) is 40.2 Å². The lowest BCUT2D eigenvalue weighted by atomic mass is 9.97. The van der Waals surface area contributed by atoms with E-state index in [9.17, 15) is 18.0 Å². The van der Waals surface area contributed by atoms with E-state index in [1.165, 1.54) is 0 Å². The molecule has 0 spiro atoms. The van der Waals surface area contributed by atoms with Crippen molar-refractivity contribution in [2.24, 2.45) is 0 Å². The zero-order chi connectivity index (χ0) is 13.5. The Kier molecular flexibility index (Phi) is 2.92. The van der Waals surface area contributed by atoms with Crippen molar-refractivity contribution in [3.63, 3.8) is 0 Å². The first kappa shape index (κ1) is 12.7. The summed E-state index contributed by atoms with van der Waals surface area (Å²) in [6.07, 6.45) is -4.48. The van der Waals surface area contributed by atoms with E-state index in [0.717, 1.165) is 11.1 Å². The summed E-state index contributed by atoms with van der Waals surface area (Å²) in [7, 11) is 0. The Labute approximate surface area is 102 Å². The molecule has 1 aliphatic rings. The zero-order valence-electron chi connectivity index (χ0n) is 9.89. The third-order valence-electron chi connectivity index (χ3n) is 2.96. The Hall–Kier alpha value is -1.78. The number of carbonyl (C=O) groups excluding carboxylic acids is 1. The molecule has 1 heterocycles. The maximum absolute atomic E-state index is 12.7. The van der Waals surface area contributed by atoms with E-state index in [4.69, 9.17) is 4.74 Å². The van der Waals surface area contributed by atoms with Gasteiger partial charge in [-0.2, -0.15) is 13.2 Å². The van der Waals surface area contributed by atoms with E-state index in [1.807, 2.05) is 6.92 Å². The zero-order valence-corrected chi connectivity index (χ0v) is 9.89. The molecule has 0 radical (unpaired) electrons. The molecule has 1 aromatic carbocycles. The number of alkyl halides is 3. The van der Waals surface area contributed by atoms with Crippen molar-refractivity contribution in [2.75, 3.05) is 0 Å². The highest BCUT2D eigenvalue weighted by Crippen LogP contribution is 2.38. The van der Waals surface area contributed by atoms with E-state index >= 15 is 0 Å². The van der Waals surface area contributed by atoms with Crippen LogP contribution in [0.2, 0.25) is 0 Å². The monoisotopic (exact) mass is 256 g/mol. The maximum atomic E-state index is 12.7. The minimum absolute atomic E-state index is 0.0468. The molecule has 0 aromatic heterocycles. The molecular weight excluding hydrogens is 245 g/mol. The van der Waals surface area contributed by atoms with Crippen molar-refractivity contribution >= 4 is 6.29 Å². The predicted octanol–water partition coefficient (Wildman–Crippen LogP) is 3.25. The lowest BCUT2D eigenvalue weighted by Crippen LogP contribution is -2.24. The smallest absolute Gasteiger partial charge is 0.449 e. The van der Waals surface area contributed by atoms with Gasteiger partial charge < -0.3 is 4.74 Å². The highest BCUT2D eigenvalue weighted by molar-refractivity contribution is 5.77. The van der Waals surface area contributed by atoms with Crippen LogP contribution in [-0.2, 0) is 11.2 Å². The second kappa shape index (κ2) is 4.15. The Morgan fingerprint density at radius 1 is 1.22 bits per heavy atom. The molecule has 2 rings (SSSR count). The molecule has 0 amide bonds. The van der Waals surface area contributed by atoms with Gasteiger partial charge in [0.05, 0.1) is 0 Å². The van der Waals surface area contributed by atoms with Crippen LogP contribution in [0.5, 0.6) is 5.75 Å². The van der Waals surface area contributed by atoms with E-state index in [-0.39, 0.29) is 24.0 Å². The third-order valence-corrected chi connectivity index (χ3v) is 2.96. The van der Waals surface area contributed by atoms with Crippen LogP contribution in [0.4, 0.5) is 13.2 Å². The van der Waals surface area contributed by atoms with Crippen LogP contribution in [0.1, 0.15) is 16.7 Å². The number of benzene rings is 1. The highest BCUT2D eigenvalue weighted by atomic mass is 19.4. The lowest BCUT2D eigenvalue weighted by molar-refractivity contribution is -0.121. The lowest BCUT2D eigenvalue weighted by Gasteiger charge is -2.23. The molecule has 0 bridgehead atoms. The quantitative estimate of drug-likeness (QED) is 0.721. The molecule has 5 heteroatoms. The minimum Gasteiger partial charge on any atom is -0.451 e. The SMILES string of the molecule is Cc1cc2c(cc1C)OC(C(F)(F)F)=C(C=O)C2. The summed E-state index contributed by atoms with van der Waals surface area (Å²) in [4.78, 5) is 10.7. The minimum atomic E-state index is -4.65. The fraction of sp³-hybridized carbons (Fsp3) is 0.308. The Bertz CT molecular complexity index is 542. The number of hydrogen-bond donors (Lipinski definition) is 0. The summed E-state index contributed by atoms with van der Waals surface area (Å²) in [5.74, 6) is -1.02. The summed E-state index contributed by atoms with van der Waals surface area (Å²) in [5, 5.41) is 0. The third kappa shape index (κ3) is 2.12. The average molecular weight is 256 g/mol. The fourth-order valence-corrected chi connectivity index (χ4v) is 1.88. The number of aldehydes is 1. The number of aryl methyl sites for hydroxylation is 2. The highest BCUT2D eigenvalue weighted by Gasteiger charge is 2.41. The normalized spacial score (nSPS) is 15.2. The van der Waals surface area contributed by atoms with E-state index in [2.05, 4.69) is 0 Å². The molecule has 18 heavy (non-hydrogen) atoms. The van der Waals surface area contributed by atoms with Crippen LogP contribution in [-0.4, -0.2) is 12.5 Å². The Morgan fingerprint density at radius 2 is 1.83 bits per heavy atom. The molecule has 0 atom stereocenters. The number of halogens is 3. The first-order chi connectivity index (χ1) is 8.32. The summed E-state index contributed by atoms with van der Waals surface area (Å²) >= 11 is 0. The topological polar surface area (TPSA) is 26.3 Å². The standard InChI is InChI=1S/C13H11F3O2/c1-7-3-9-5-10(6-17)12(13(14,15)16)18-11(9)4-8(7)2/h3-4,6H,5H2,1-2H3. The number of hydrogen-bond acceptors (Lipinski definition) is 2. The molecule has 0 N–H and O–H groups in total. The molecule has 0 aliphatic carbocycles. The Balaban J connectivity index is 2.51. The molecule has 1 aliphatic heterocycles. The van der Waals surface area contributed by atoms with Gasteiger partial charge in [-0.1, -0.05) is 6.07 Å². The largest absolute Gasteiger partial charge is 0.451 e. The maximum Gasteiger partial charge on any atom is 0.449 e. The molecule has 0 unspecified atom stereocenters. The number of rotatable bonds is 1. The molecule has 0 saturated heterocycles. The van der Waals surface area contributed by atoms with Gasteiger partial charge in [-0.15, -0.1) is 0 Å². The predicted molar refractivity (Wildman–Crippen MR) is 59.4 cm³/mol. The Morgan fingerprint density at radius 3 is 2.39 bits per heavy atom. The van der Waals surface area contributed by atoms with Gasteiger partial charge in [-0.05, 0) is 36.6 Å². The van der Waals surface area contributed by atoms with Gasteiger partial charge in [0.25, 0.3) is 0 Å². The molecule has 96 valence electrons. The molecule has 1 aromatic rings. The average Bonchev–Trinajstić information content (AvgIpc) is 2.28. The van der Waals surface area contributed by atoms with Crippen LogP contribution >= 0.6 is 0 Å². The van der Waals surface area contributed by atoms with Crippen LogP contribution in [0.3, 0.4) is 0 Å². The molecular formula is C13H11F3O2. The van der Waals surface area contributed by atoms with Gasteiger partial charge in [0.1, 0.15) is 12.0 Å². The van der Waals surface area contributed by atoms with Crippen molar-refractivity contribution in [1.29, 1.82) is 0 Å². The van der Waals surface area contributed by atoms with Crippen molar-refractivity contribution < 1.29 is 22.7 Å². The molecule has 0 fully saturated rings. The van der Waals surface area contributed by atoms with Crippen molar-refractivity contribution in [2.45, 2.75) is 26.4 Å². The van der Waals surface area contributed by atoms with Gasteiger partial charge in [0.2, 0.25) is 5.76 Å². The molecule has 0 saturated carbocycles. The van der Waals surface area contributed by atoms with Crippen LogP contribution < -0.4 is 4.74 Å². The van der Waals surface area contributed by atoms with Crippen LogP contribution in [0.15, 0.2) is 23.5 Å². The second-order valence-corrected chi connectivity index (χ2v) is 4.29. The van der Waals surface area contributed by atoms with Gasteiger partial charge in [0.15, 0.2) is 0 Å². The van der Waals surface area contributed by atoms with Crippen LogP contribution in [0, 0.1) is 13.8 Å². The van der Waals surface area contributed by atoms with Crippen LogP contribution in [0.25, 0.3) is 0 Å². The van der Waals surface area contributed by atoms with Crippen molar-refractivity contribution in [3.8, 4) is 5.75 Å². The summed E-state index contributed by atoms with van der Waals surface area (Å²) in [6.45, 7) is 3.66. The van der Waals surface area contributed by atoms with E-state index < -0.39 is 11.9 Å². The first-order valence-electron chi connectivity index (χ1n) is 5.36. The second-order valence-electron chi connectivity index (χ2n) is 4.29. The fourth-order valence-electron chi connectivity index (χ4n) is 1.88. The van der Waals surface area contributed by atoms with E-state index in [1.54, 1.807) is 19.1 Å². The summed E-state index contributed by atoms with van der Waals surface area (Å²) < 4.78 is 43.0. The first-order valence-corrected chi connectivity index (χ1v) is 5.36.